The summed E-state index contributed by atoms with van der Waals surface area (Å²) in [5.74, 6) is 0.529. The summed E-state index contributed by atoms with van der Waals surface area (Å²) in [4.78, 5) is 0. The van der Waals surface area contributed by atoms with Gasteiger partial charge in [-0.25, -0.2) is 0 Å². The van der Waals surface area contributed by atoms with Gasteiger partial charge in [-0.05, 0) is 48.1 Å². The van der Waals surface area contributed by atoms with E-state index in [-0.39, 0.29) is 5.41 Å². The van der Waals surface area contributed by atoms with E-state index >= 15 is 0 Å². The molecule has 0 saturated carbocycles. The van der Waals surface area contributed by atoms with Crippen molar-refractivity contribution in [2.45, 2.75) is 57.0 Å². The molecule has 1 N–H and O–H groups in total. The predicted octanol–water partition coefficient (Wildman–Crippen LogP) is 5.05. The molecular formula is C24H28N2. The molecule has 0 aromatic heterocycles. The van der Waals surface area contributed by atoms with Gasteiger partial charge in [0.1, 0.15) is 5.41 Å². The van der Waals surface area contributed by atoms with Gasteiger partial charge in [0.15, 0.2) is 0 Å². The molecule has 0 aliphatic carbocycles. The van der Waals surface area contributed by atoms with Crippen molar-refractivity contribution in [2.24, 2.45) is 11.3 Å². The largest absolute Gasteiger partial charge is 0.311 e. The van der Waals surface area contributed by atoms with Gasteiger partial charge in [0.25, 0.3) is 0 Å². The van der Waals surface area contributed by atoms with Gasteiger partial charge in [-0.2, -0.15) is 5.26 Å². The minimum atomic E-state index is -0.582. The van der Waals surface area contributed by atoms with E-state index in [4.69, 9.17) is 0 Å². The molecule has 3 atom stereocenters. The van der Waals surface area contributed by atoms with Crippen molar-refractivity contribution in [3.8, 4) is 6.07 Å². The standard InChI is InChI=1S/C24H28N2/c1-23(2)20(15-21-13-14-22(23)26-21)16-24(17-25,18-9-5-3-6-10-18)19-11-7-4-8-12-19/h3-12,20-22,26H,13-16H2,1-2H3. The van der Waals surface area contributed by atoms with Gasteiger partial charge in [-0.3, -0.25) is 0 Å². The molecular weight excluding hydrogens is 316 g/mol. The second-order valence-corrected chi connectivity index (χ2v) is 8.70. The third kappa shape index (κ3) is 2.75. The van der Waals surface area contributed by atoms with Crippen molar-refractivity contribution in [2.75, 3.05) is 0 Å². The molecule has 2 fully saturated rings. The van der Waals surface area contributed by atoms with Crippen molar-refractivity contribution in [1.29, 1.82) is 5.26 Å². The number of benzene rings is 2. The van der Waals surface area contributed by atoms with Crippen LogP contribution in [-0.4, -0.2) is 12.1 Å². The summed E-state index contributed by atoms with van der Waals surface area (Å²) >= 11 is 0. The summed E-state index contributed by atoms with van der Waals surface area (Å²) in [6.07, 6.45) is 4.61. The molecule has 4 rings (SSSR count). The average Bonchev–Trinajstić information content (AvgIpc) is 3.12. The van der Waals surface area contributed by atoms with E-state index in [1.165, 1.54) is 19.3 Å². The minimum Gasteiger partial charge on any atom is -0.311 e. The number of nitrogens with zero attached hydrogens (tertiary/aromatic N) is 1. The Labute approximate surface area is 157 Å². The Balaban J connectivity index is 1.78. The predicted molar refractivity (Wildman–Crippen MR) is 106 cm³/mol. The Bertz CT molecular complexity index is 748. The molecule has 2 heteroatoms. The lowest BCUT2D eigenvalue weighted by Crippen LogP contribution is -2.52. The fraction of sp³-hybridized carbons (Fsp3) is 0.458. The van der Waals surface area contributed by atoms with E-state index in [1.54, 1.807) is 0 Å². The maximum Gasteiger partial charge on any atom is 0.107 e. The lowest BCUT2D eigenvalue weighted by molar-refractivity contribution is 0.0841. The zero-order chi connectivity index (χ0) is 18.2. The van der Waals surface area contributed by atoms with Gasteiger partial charge in [0.05, 0.1) is 6.07 Å². The fourth-order valence-corrected chi connectivity index (χ4v) is 5.26. The zero-order valence-corrected chi connectivity index (χ0v) is 15.8. The topological polar surface area (TPSA) is 35.8 Å². The molecule has 0 amide bonds. The van der Waals surface area contributed by atoms with Crippen molar-refractivity contribution in [1.82, 2.24) is 5.32 Å². The number of hydrogen-bond acceptors (Lipinski definition) is 2. The van der Waals surface area contributed by atoms with Crippen LogP contribution in [0.4, 0.5) is 0 Å². The molecule has 134 valence electrons. The van der Waals surface area contributed by atoms with Gasteiger partial charge >= 0.3 is 0 Å². The fourth-order valence-electron chi connectivity index (χ4n) is 5.26. The first kappa shape index (κ1) is 17.3. The van der Waals surface area contributed by atoms with Gasteiger partial charge in [0.2, 0.25) is 0 Å². The molecule has 2 aliphatic heterocycles. The zero-order valence-electron chi connectivity index (χ0n) is 15.8. The molecule has 0 radical (unpaired) electrons. The summed E-state index contributed by atoms with van der Waals surface area (Å²) < 4.78 is 0. The first-order chi connectivity index (χ1) is 12.6. The summed E-state index contributed by atoms with van der Waals surface area (Å²) in [6.45, 7) is 4.80. The van der Waals surface area contributed by atoms with Crippen LogP contribution in [0.5, 0.6) is 0 Å². The van der Waals surface area contributed by atoms with E-state index < -0.39 is 5.41 Å². The number of fused-ring (bicyclic) bond motifs is 2. The lowest BCUT2D eigenvalue weighted by atomic mass is 9.61. The molecule has 2 aromatic carbocycles. The average molecular weight is 345 g/mol. The van der Waals surface area contributed by atoms with Crippen LogP contribution in [0.2, 0.25) is 0 Å². The summed E-state index contributed by atoms with van der Waals surface area (Å²) in [5, 5.41) is 14.3. The Morgan fingerprint density at radius 2 is 1.58 bits per heavy atom. The molecule has 2 nitrogen and oxygen atoms in total. The maximum absolute atomic E-state index is 10.5. The van der Waals surface area contributed by atoms with Crippen LogP contribution in [-0.2, 0) is 5.41 Å². The van der Waals surface area contributed by atoms with Crippen LogP contribution in [0.25, 0.3) is 0 Å². The van der Waals surface area contributed by atoms with Crippen LogP contribution in [0, 0.1) is 22.7 Å². The van der Waals surface area contributed by atoms with E-state index in [9.17, 15) is 5.26 Å². The SMILES string of the molecule is CC1(C)C(CC(C#N)(c2ccccc2)c2ccccc2)CC2CCC1N2. The highest BCUT2D eigenvalue weighted by Crippen LogP contribution is 2.50. The van der Waals surface area contributed by atoms with Gasteiger partial charge < -0.3 is 5.32 Å². The number of nitrogens with one attached hydrogen (secondary N) is 1. The van der Waals surface area contributed by atoms with Gasteiger partial charge in [-0.15, -0.1) is 0 Å². The second kappa shape index (κ2) is 6.56. The van der Waals surface area contributed by atoms with Crippen LogP contribution in [0.1, 0.15) is 50.7 Å². The van der Waals surface area contributed by atoms with E-state index in [0.717, 1.165) is 17.5 Å². The number of piperidine rings is 1. The Morgan fingerprint density at radius 1 is 1.00 bits per heavy atom. The first-order valence-corrected chi connectivity index (χ1v) is 9.84. The molecule has 2 aromatic rings. The number of rotatable bonds is 4. The van der Waals surface area contributed by atoms with E-state index in [0.29, 0.717) is 18.0 Å². The van der Waals surface area contributed by atoms with E-state index in [2.05, 4.69) is 73.8 Å². The van der Waals surface area contributed by atoms with Crippen LogP contribution in [0.15, 0.2) is 60.7 Å². The Morgan fingerprint density at radius 3 is 2.12 bits per heavy atom. The quantitative estimate of drug-likeness (QED) is 0.842. The van der Waals surface area contributed by atoms with Crippen LogP contribution >= 0.6 is 0 Å². The maximum atomic E-state index is 10.5. The lowest BCUT2D eigenvalue weighted by Gasteiger charge is -2.47. The Kier molecular flexibility index (Phi) is 4.37. The van der Waals surface area contributed by atoms with Crippen molar-refractivity contribution in [3.05, 3.63) is 71.8 Å². The van der Waals surface area contributed by atoms with Crippen molar-refractivity contribution >= 4 is 0 Å². The highest BCUT2D eigenvalue weighted by Gasteiger charge is 2.50. The van der Waals surface area contributed by atoms with Crippen LogP contribution < -0.4 is 5.32 Å². The summed E-state index contributed by atoms with van der Waals surface area (Å²) in [5.41, 5.74) is 1.87. The molecule has 3 unspecified atom stereocenters. The molecule has 2 bridgehead atoms. The van der Waals surface area contributed by atoms with Gasteiger partial charge in [0, 0.05) is 12.1 Å². The van der Waals surface area contributed by atoms with Crippen LogP contribution in [0.3, 0.4) is 0 Å². The normalized spacial score (nSPS) is 27.0. The van der Waals surface area contributed by atoms with Crippen molar-refractivity contribution < 1.29 is 0 Å². The first-order valence-electron chi connectivity index (χ1n) is 9.84. The highest BCUT2D eigenvalue weighted by molar-refractivity contribution is 5.46. The van der Waals surface area contributed by atoms with Crippen molar-refractivity contribution in [3.63, 3.8) is 0 Å². The molecule has 2 heterocycles. The summed E-state index contributed by atoms with van der Waals surface area (Å²) in [7, 11) is 0. The third-order valence-electron chi connectivity index (χ3n) is 7.04. The molecule has 2 saturated heterocycles. The molecule has 0 spiro atoms. The monoisotopic (exact) mass is 344 g/mol. The number of nitriles is 1. The van der Waals surface area contributed by atoms with Gasteiger partial charge in [-0.1, -0.05) is 74.5 Å². The third-order valence-corrected chi connectivity index (χ3v) is 7.04. The summed E-state index contributed by atoms with van der Waals surface area (Å²) in [6, 6.07) is 24.8. The molecule has 2 aliphatic rings. The van der Waals surface area contributed by atoms with E-state index in [1.807, 2.05) is 12.1 Å². The Hall–Kier alpha value is -2.11. The minimum absolute atomic E-state index is 0.207. The number of hydrogen-bond donors (Lipinski definition) is 1. The smallest absolute Gasteiger partial charge is 0.107 e. The highest BCUT2D eigenvalue weighted by atomic mass is 15.0. The molecule has 26 heavy (non-hydrogen) atoms. The second-order valence-electron chi connectivity index (χ2n) is 8.70.